The Balaban J connectivity index is 1.78. The average molecular weight is 201 g/mol. The summed E-state index contributed by atoms with van der Waals surface area (Å²) in [5, 5.41) is 13.4. The van der Waals surface area contributed by atoms with Crippen molar-refractivity contribution in [2.75, 3.05) is 11.5 Å². The second kappa shape index (κ2) is 4.67. The maximum atomic E-state index is 9.76. The van der Waals surface area contributed by atoms with E-state index in [1.165, 1.54) is 37.2 Å². The van der Waals surface area contributed by atoms with Gasteiger partial charge in [-0.1, -0.05) is 12.8 Å². The molecule has 2 fully saturated rings. The molecule has 1 aliphatic carbocycles. The number of nitrogens with one attached hydrogen (secondary N) is 1. The molecule has 0 aromatic rings. The molecule has 0 aromatic heterocycles. The summed E-state index contributed by atoms with van der Waals surface area (Å²) in [7, 11) is 0. The maximum Gasteiger partial charge on any atom is 0.0693 e. The van der Waals surface area contributed by atoms with E-state index in [1.54, 1.807) is 0 Å². The number of aliphatic hydroxyl groups is 1. The minimum absolute atomic E-state index is 0.0839. The van der Waals surface area contributed by atoms with Crippen molar-refractivity contribution in [2.24, 2.45) is 0 Å². The molecular formula is C10H19NOS. The van der Waals surface area contributed by atoms with Crippen LogP contribution in [-0.4, -0.2) is 34.8 Å². The molecule has 3 atom stereocenters. The van der Waals surface area contributed by atoms with E-state index in [0.717, 1.165) is 6.42 Å². The Morgan fingerprint density at radius 3 is 2.69 bits per heavy atom. The molecule has 2 nitrogen and oxygen atoms in total. The van der Waals surface area contributed by atoms with E-state index in [0.29, 0.717) is 12.1 Å². The first-order chi connectivity index (χ1) is 6.36. The summed E-state index contributed by atoms with van der Waals surface area (Å²) >= 11 is 2.03. The molecule has 1 saturated heterocycles. The van der Waals surface area contributed by atoms with Crippen LogP contribution in [0, 0.1) is 0 Å². The molecule has 1 heterocycles. The summed E-state index contributed by atoms with van der Waals surface area (Å²) in [6, 6.07) is 1.06. The molecule has 1 aliphatic heterocycles. The van der Waals surface area contributed by atoms with Gasteiger partial charge in [0.05, 0.1) is 6.10 Å². The molecule has 2 rings (SSSR count). The summed E-state index contributed by atoms with van der Waals surface area (Å²) in [5.41, 5.74) is 0. The summed E-state index contributed by atoms with van der Waals surface area (Å²) in [6.07, 6.45) is 5.86. The quantitative estimate of drug-likeness (QED) is 0.708. The van der Waals surface area contributed by atoms with Crippen LogP contribution in [0.2, 0.25) is 0 Å². The fourth-order valence-corrected chi connectivity index (χ4v) is 3.44. The molecule has 0 amide bonds. The van der Waals surface area contributed by atoms with Crippen molar-refractivity contribution in [2.45, 2.75) is 50.3 Å². The molecule has 1 unspecified atom stereocenters. The average Bonchev–Trinajstić information content (AvgIpc) is 2.61. The number of rotatable bonds is 2. The molecule has 1 saturated carbocycles. The molecule has 0 spiro atoms. The van der Waals surface area contributed by atoms with Crippen molar-refractivity contribution in [3.63, 3.8) is 0 Å². The van der Waals surface area contributed by atoms with Gasteiger partial charge in [-0.15, -0.1) is 0 Å². The highest BCUT2D eigenvalue weighted by Crippen LogP contribution is 2.22. The van der Waals surface area contributed by atoms with Crippen LogP contribution in [0.1, 0.15) is 32.1 Å². The summed E-state index contributed by atoms with van der Waals surface area (Å²) in [4.78, 5) is 0. The Labute approximate surface area is 84.5 Å². The Morgan fingerprint density at radius 1 is 1.15 bits per heavy atom. The fourth-order valence-electron chi connectivity index (χ4n) is 2.27. The van der Waals surface area contributed by atoms with Crippen LogP contribution in [-0.2, 0) is 0 Å². The molecule has 2 N–H and O–H groups in total. The topological polar surface area (TPSA) is 32.3 Å². The van der Waals surface area contributed by atoms with Crippen LogP contribution in [0.4, 0.5) is 0 Å². The summed E-state index contributed by atoms with van der Waals surface area (Å²) in [5.74, 6) is 2.53. The summed E-state index contributed by atoms with van der Waals surface area (Å²) in [6.45, 7) is 0. The SMILES string of the molecule is O[C@H]1CCCC[C@@H]1NC1CCSC1. The maximum absolute atomic E-state index is 9.76. The van der Waals surface area contributed by atoms with Crippen LogP contribution < -0.4 is 5.32 Å². The minimum atomic E-state index is -0.0839. The van der Waals surface area contributed by atoms with E-state index in [-0.39, 0.29) is 6.10 Å². The molecule has 0 aromatic carbocycles. The van der Waals surface area contributed by atoms with Gasteiger partial charge >= 0.3 is 0 Å². The summed E-state index contributed by atoms with van der Waals surface area (Å²) < 4.78 is 0. The van der Waals surface area contributed by atoms with Crippen molar-refractivity contribution in [3.8, 4) is 0 Å². The van der Waals surface area contributed by atoms with Crippen molar-refractivity contribution < 1.29 is 5.11 Å². The third-order valence-corrected chi connectivity index (χ3v) is 4.27. The van der Waals surface area contributed by atoms with E-state index in [1.807, 2.05) is 11.8 Å². The first kappa shape index (κ1) is 9.81. The molecule has 0 bridgehead atoms. The minimum Gasteiger partial charge on any atom is -0.392 e. The van der Waals surface area contributed by atoms with E-state index < -0.39 is 0 Å². The number of hydrogen-bond acceptors (Lipinski definition) is 3. The Kier molecular flexibility index (Phi) is 3.52. The normalized spacial score (nSPS) is 40.8. The molecule has 13 heavy (non-hydrogen) atoms. The molecule has 3 heteroatoms. The van der Waals surface area contributed by atoms with Gasteiger partial charge in [-0.25, -0.2) is 0 Å². The van der Waals surface area contributed by atoms with Crippen molar-refractivity contribution in [3.05, 3.63) is 0 Å². The first-order valence-corrected chi connectivity index (χ1v) is 6.53. The van der Waals surface area contributed by atoms with Gasteiger partial charge in [0.15, 0.2) is 0 Å². The number of thioether (sulfide) groups is 1. The van der Waals surface area contributed by atoms with Crippen LogP contribution in [0.25, 0.3) is 0 Å². The predicted molar refractivity (Wildman–Crippen MR) is 57.1 cm³/mol. The van der Waals surface area contributed by atoms with Gasteiger partial charge in [0.25, 0.3) is 0 Å². The third kappa shape index (κ3) is 2.61. The zero-order valence-corrected chi connectivity index (χ0v) is 8.85. The second-order valence-electron chi connectivity index (χ2n) is 4.19. The predicted octanol–water partition coefficient (Wildman–Crippen LogP) is 1.39. The zero-order valence-electron chi connectivity index (χ0n) is 8.04. The van der Waals surface area contributed by atoms with Crippen molar-refractivity contribution in [1.29, 1.82) is 0 Å². The van der Waals surface area contributed by atoms with Gasteiger partial charge in [0, 0.05) is 17.8 Å². The first-order valence-electron chi connectivity index (χ1n) is 5.38. The lowest BCUT2D eigenvalue weighted by atomic mass is 9.92. The van der Waals surface area contributed by atoms with Crippen LogP contribution in [0.5, 0.6) is 0 Å². The van der Waals surface area contributed by atoms with Crippen molar-refractivity contribution in [1.82, 2.24) is 5.32 Å². The van der Waals surface area contributed by atoms with E-state index in [9.17, 15) is 5.11 Å². The lowest BCUT2D eigenvalue weighted by Crippen LogP contribution is -2.47. The molecule has 2 aliphatic rings. The van der Waals surface area contributed by atoms with Gasteiger partial charge in [0.2, 0.25) is 0 Å². The number of aliphatic hydroxyl groups excluding tert-OH is 1. The fraction of sp³-hybridized carbons (Fsp3) is 1.00. The van der Waals surface area contributed by atoms with Crippen LogP contribution in [0.15, 0.2) is 0 Å². The Bertz CT molecular complexity index is 159. The third-order valence-electron chi connectivity index (χ3n) is 3.11. The van der Waals surface area contributed by atoms with Gasteiger partial charge in [-0.3, -0.25) is 0 Å². The molecule has 76 valence electrons. The lowest BCUT2D eigenvalue weighted by molar-refractivity contribution is 0.0864. The van der Waals surface area contributed by atoms with Crippen molar-refractivity contribution >= 4 is 11.8 Å². The molecule has 0 radical (unpaired) electrons. The largest absolute Gasteiger partial charge is 0.392 e. The highest BCUT2D eigenvalue weighted by molar-refractivity contribution is 7.99. The van der Waals surface area contributed by atoms with E-state index in [4.69, 9.17) is 0 Å². The van der Waals surface area contributed by atoms with Crippen LogP contribution in [0.3, 0.4) is 0 Å². The highest BCUT2D eigenvalue weighted by Gasteiger charge is 2.26. The monoisotopic (exact) mass is 201 g/mol. The highest BCUT2D eigenvalue weighted by atomic mass is 32.2. The zero-order chi connectivity index (χ0) is 9.10. The van der Waals surface area contributed by atoms with Gasteiger partial charge in [-0.2, -0.15) is 11.8 Å². The van der Waals surface area contributed by atoms with E-state index >= 15 is 0 Å². The van der Waals surface area contributed by atoms with E-state index in [2.05, 4.69) is 5.32 Å². The van der Waals surface area contributed by atoms with Gasteiger partial charge in [-0.05, 0) is 25.0 Å². The van der Waals surface area contributed by atoms with Gasteiger partial charge < -0.3 is 10.4 Å². The standard InChI is InChI=1S/C10H19NOS/c12-10-4-2-1-3-9(10)11-8-5-6-13-7-8/h8-12H,1-7H2/t8?,9-,10-/m0/s1. The van der Waals surface area contributed by atoms with Gasteiger partial charge in [0.1, 0.15) is 0 Å². The Hall–Kier alpha value is 0.270. The smallest absolute Gasteiger partial charge is 0.0693 e. The number of hydrogen-bond donors (Lipinski definition) is 2. The van der Waals surface area contributed by atoms with Crippen LogP contribution >= 0.6 is 11.8 Å². The lowest BCUT2D eigenvalue weighted by Gasteiger charge is -2.30. The molecular weight excluding hydrogens is 182 g/mol. The Morgan fingerprint density at radius 2 is 2.00 bits per heavy atom. The second-order valence-corrected chi connectivity index (χ2v) is 5.34.